The number of nitrogens with zero attached hydrogens (tertiary/aromatic N) is 1. The Labute approximate surface area is 85.3 Å². The van der Waals surface area contributed by atoms with Crippen molar-refractivity contribution in [3.63, 3.8) is 0 Å². The third kappa shape index (κ3) is 2.26. The van der Waals surface area contributed by atoms with Crippen molar-refractivity contribution >= 4 is 23.4 Å². The lowest BCUT2D eigenvalue weighted by Gasteiger charge is -1.96. The minimum atomic E-state index is 0.761. The molecule has 2 rings (SSSR count). The second-order valence-corrected chi connectivity index (χ2v) is 4.07. The van der Waals surface area contributed by atoms with Gasteiger partial charge in [0.05, 0.1) is 6.20 Å². The van der Waals surface area contributed by atoms with Crippen LogP contribution in [0.15, 0.2) is 46.5 Å². The maximum absolute atomic E-state index is 5.77. The highest BCUT2D eigenvalue weighted by Crippen LogP contribution is 2.27. The zero-order valence-electron chi connectivity index (χ0n) is 6.70. The number of H-pyrrole nitrogens is 1. The maximum Gasteiger partial charge on any atom is 0.0627 e. The van der Waals surface area contributed by atoms with Gasteiger partial charge in [-0.2, -0.15) is 5.10 Å². The number of nitrogens with one attached hydrogen (secondary N) is 1. The van der Waals surface area contributed by atoms with Crippen molar-refractivity contribution in [3.8, 4) is 0 Å². The van der Waals surface area contributed by atoms with E-state index in [9.17, 15) is 0 Å². The predicted molar refractivity (Wildman–Crippen MR) is 54.2 cm³/mol. The molecule has 0 fully saturated rings. The minimum Gasteiger partial charge on any atom is -0.285 e. The SMILES string of the molecule is Clc1ccc(Sc2cn[nH]c2)cc1. The average Bonchev–Trinajstić information content (AvgIpc) is 2.62. The number of hydrogen-bond donors (Lipinski definition) is 1. The van der Waals surface area contributed by atoms with E-state index < -0.39 is 0 Å². The molecule has 66 valence electrons. The quantitative estimate of drug-likeness (QED) is 0.825. The van der Waals surface area contributed by atoms with Gasteiger partial charge in [-0.1, -0.05) is 23.4 Å². The molecule has 0 spiro atoms. The number of benzene rings is 1. The van der Waals surface area contributed by atoms with Crippen LogP contribution in [-0.4, -0.2) is 10.2 Å². The van der Waals surface area contributed by atoms with Gasteiger partial charge in [-0.15, -0.1) is 0 Å². The van der Waals surface area contributed by atoms with Gasteiger partial charge in [0.25, 0.3) is 0 Å². The van der Waals surface area contributed by atoms with Crippen molar-refractivity contribution in [1.82, 2.24) is 10.2 Å². The van der Waals surface area contributed by atoms with E-state index in [0.29, 0.717) is 0 Å². The highest BCUT2D eigenvalue weighted by atomic mass is 35.5. The van der Waals surface area contributed by atoms with Gasteiger partial charge >= 0.3 is 0 Å². The molecule has 1 heterocycles. The number of rotatable bonds is 2. The second-order valence-electron chi connectivity index (χ2n) is 2.49. The molecule has 0 saturated heterocycles. The lowest BCUT2D eigenvalue weighted by molar-refractivity contribution is 1.09. The summed E-state index contributed by atoms with van der Waals surface area (Å²) in [6.45, 7) is 0. The van der Waals surface area contributed by atoms with Gasteiger partial charge in [0.15, 0.2) is 0 Å². The first kappa shape index (κ1) is 8.66. The molecule has 0 aliphatic carbocycles. The van der Waals surface area contributed by atoms with Crippen molar-refractivity contribution in [1.29, 1.82) is 0 Å². The molecule has 1 aromatic carbocycles. The molecule has 0 aliphatic rings. The van der Waals surface area contributed by atoms with E-state index in [0.717, 1.165) is 14.8 Å². The summed E-state index contributed by atoms with van der Waals surface area (Å²) in [6.07, 6.45) is 3.65. The minimum absolute atomic E-state index is 0.761. The van der Waals surface area contributed by atoms with Crippen LogP contribution in [0.4, 0.5) is 0 Å². The fraction of sp³-hybridized carbons (Fsp3) is 0. The number of halogens is 1. The van der Waals surface area contributed by atoms with Crippen LogP contribution in [0.2, 0.25) is 5.02 Å². The topological polar surface area (TPSA) is 28.7 Å². The predicted octanol–water partition coefficient (Wildman–Crippen LogP) is 3.21. The maximum atomic E-state index is 5.77. The van der Waals surface area contributed by atoms with Gasteiger partial charge in [0, 0.05) is 21.0 Å². The Bertz CT molecular complexity index is 369. The first-order chi connectivity index (χ1) is 6.34. The van der Waals surface area contributed by atoms with Crippen molar-refractivity contribution < 1.29 is 0 Å². The highest BCUT2D eigenvalue weighted by molar-refractivity contribution is 7.99. The molecule has 0 aliphatic heterocycles. The zero-order valence-corrected chi connectivity index (χ0v) is 8.27. The molecular formula is C9H7ClN2S. The average molecular weight is 211 g/mol. The van der Waals surface area contributed by atoms with Crippen LogP contribution in [0.5, 0.6) is 0 Å². The first-order valence-corrected chi connectivity index (χ1v) is 4.96. The number of aromatic nitrogens is 2. The van der Waals surface area contributed by atoms with E-state index in [-0.39, 0.29) is 0 Å². The lowest BCUT2D eigenvalue weighted by atomic mass is 10.4. The monoisotopic (exact) mass is 210 g/mol. The molecule has 1 aromatic heterocycles. The molecule has 0 atom stereocenters. The number of aromatic amines is 1. The third-order valence-electron chi connectivity index (χ3n) is 1.52. The van der Waals surface area contributed by atoms with Crippen molar-refractivity contribution in [2.24, 2.45) is 0 Å². The summed E-state index contributed by atoms with van der Waals surface area (Å²) in [4.78, 5) is 2.26. The van der Waals surface area contributed by atoms with Gasteiger partial charge in [-0.25, -0.2) is 0 Å². The molecule has 4 heteroatoms. The van der Waals surface area contributed by atoms with Gasteiger partial charge in [-0.3, -0.25) is 5.10 Å². The van der Waals surface area contributed by atoms with E-state index in [1.807, 2.05) is 30.5 Å². The summed E-state index contributed by atoms with van der Waals surface area (Å²) in [5, 5.41) is 7.39. The van der Waals surface area contributed by atoms with Gasteiger partial charge in [0.2, 0.25) is 0 Å². The van der Waals surface area contributed by atoms with E-state index in [2.05, 4.69) is 10.2 Å². The Balaban J connectivity index is 2.15. The largest absolute Gasteiger partial charge is 0.285 e. The fourth-order valence-electron chi connectivity index (χ4n) is 0.934. The molecule has 13 heavy (non-hydrogen) atoms. The Morgan fingerprint density at radius 1 is 1.15 bits per heavy atom. The molecule has 2 nitrogen and oxygen atoms in total. The summed E-state index contributed by atoms with van der Waals surface area (Å²) in [6, 6.07) is 7.73. The van der Waals surface area contributed by atoms with E-state index in [1.165, 1.54) is 0 Å². The summed E-state index contributed by atoms with van der Waals surface area (Å²) >= 11 is 7.42. The summed E-state index contributed by atoms with van der Waals surface area (Å²) in [5.41, 5.74) is 0. The molecule has 2 aromatic rings. The molecule has 0 radical (unpaired) electrons. The van der Waals surface area contributed by atoms with Crippen LogP contribution in [0.1, 0.15) is 0 Å². The highest BCUT2D eigenvalue weighted by Gasteiger charge is 1.97. The Hall–Kier alpha value is -0.930. The molecular weight excluding hydrogens is 204 g/mol. The van der Waals surface area contributed by atoms with Crippen molar-refractivity contribution in [3.05, 3.63) is 41.7 Å². The Morgan fingerprint density at radius 2 is 1.92 bits per heavy atom. The Morgan fingerprint density at radius 3 is 2.54 bits per heavy atom. The lowest BCUT2D eigenvalue weighted by Crippen LogP contribution is -1.69. The van der Waals surface area contributed by atoms with Crippen LogP contribution in [0.3, 0.4) is 0 Å². The van der Waals surface area contributed by atoms with E-state index in [1.54, 1.807) is 18.0 Å². The normalized spacial score (nSPS) is 10.2. The van der Waals surface area contributed by atoms with Crippen molar-refractivity contribution in [2.75, 3.05) is 0 Å². The van der Waals surface area contributed by atoms with Gasteiger partial charge in [-0.05, 0) is 24.3 Å². The first-order valence-electron chi connectivity index (χ1n) is 3.77. The summed E-state index contributed by atoms with van der Waals surface area (Å²) < 4.78 is 0. The molecule has 0 saturated carbocycles. The molecule has 0 bridgehead atoms. The van der Waals surface area contributed by atoms with E-state index in [4.69, 9.17) is 11.6 Å². The fourth-order valence-corrected chi connectivity index (χ4v) is 1.82. The summed E-state index contributed by atoms with van der Waals surface area (Å²) in [7, 11) is 0. The van der Waals surface area contributed by atoms with Crippen LogP contribution in [0.25, 0.3) is 0 Å². The Kier molecular flexibility index (Phi) is 2.57. The number of hydrogen-bond acceptors (Lipinski definition) is 2. The van der Waals surface area contributed by atoms with Gasteiger partial charge in [0.1, 0.15) is 0 Å². The standard InChI is InChI=1S/C9H7ClN2S/c10-7-1-3-8(4-2-7)13-9-5-11-12-6-9/h1-6H,(H,11,12). The molecule has 0 amide bonds. The molecule has 0 unspecified atom stereocenters. The second kappa shape index (κ2) is 3.85. The smallest absolute Gasteiger partial charge is 0.0627 e. The van der Waals surface area contributed by atoms with Crippen LogP contribution < -0.4 is 0 Å². The zero-order chi connectivity index (χ0) is 9.10. The van der Waals surface area contributed by atoms with Crippen LogP contribution in [0, 0.1) is 0 Å². The molecule has 1 N–H and O–H groups in total. The van der Waals surface area contributed by atoms with Crippen LogP contribution in [-0.2, 0) is 0 Å². The van der Waals surface area contributed by atoms with E-state index >= 15 is 0 Å². The third-order valence-corrected chi connectivity index (χ3v) is 2.74. The van der Waals surface area contributed by atoms with Crippen molar-refractivity contribution in [2.45, 2.75) is 9.79 Å². The van der Waals surface area contributed by atoms with Gasteiger partial charge < -0.3 is 0 Å². The van der Waals surface area contributed by atoms with Crippen LogP contribution >= 0.6 is 23.4 Å². The summed E-state index contributed by atoms with van der Waals surface area (Å²) in [5.74, 6) is 0.